The lowest BCUT2D eigenvalue weighted by molar-refractivity contribution is 0.0950. The van der Waals surface area contributed by atoms with Gasteiger partial charge in [0.25, 0.3) is 5.91 Å². The maximum atomic E-state index is 11.9. The van der Waals surface area contributed by atoms with E-state index in [2.05, 4.69) is 10.3 Å². The van der Waals surface area contributed by atoms with E-state index >= 15 is 0 Å². The van der Waals surface area contributed by atoms with Crippen molar-refractivity contribution in [2.75, 3.05) is 5.75 Å². The van der Waals surface area contributed by atoms with Crippen LogP contribution in [0.4, 0.5) is 0 Å². The Kier molecular flexibility index (Phi) is 4.70. The van der Waals surface area contributed by atoms with E-state index in [1.807, 2.05) is 6.07 Å². The number of carbonyl (C=O) groups excluding carboxylic acids is 1. The van der Waals surface area contributed by atoms with Crippen LogP contribution in [0.25, 0.3) is 0 Å². The Bertz CT molecular complexity index is 710. The molecule has 2 aromatic rings. The second-order valence-corrected chi connectivity index (χ2v) is 6.72. The van der Waals surface area contributed by atoms with E-state index in [-0.39, 0.29) is 23.1 Å². The Hall–Kier alpha value is -2.21. The van der Waals surface area contributed by atoms with Crippen molar-refractivity contribution in [3.05, 3.63) is 59.9 Å². The molecule has 0 spiro atoms. The molecule has 0 aliphatic carbocycles. The number of amides is 1. The molecule has 1 amide bonds. The molecule has 0 aliphatic heterocycles. The first-order chi connectivity index (χ1) is 10.0. The van der Waals surface area contributed by atoms with E-state index in [0.29, 0.717) is 11.3 Å². The number of pyridine rings is 1. The van der Waals surface area contributed by atoms with Gasteiger partial charge in [0.1, 0.15) is 0 Å². The summed E-state index contributed by atoms with van der Waals surface area (Å²) in [7, 11) is -3.24. The topological polar surface area (TPSA) is 76.1 Å². The summed E-state index contributed by atoms with van der Waals surface area (Å²) >= 11 is 0. The minimum Gasteiger partial charge on any atom is -0.346 e. The zero-order valence-electron chi connectivity index (χ0n) is 11.6. The number of carbonyl (C=O) groups is 1. The van der Waals surface area contributed by atoms with Gasteiger partial charge in [0.15, 0.2) is 9.84 Å². The number of hydrogen-bond acceptors (Lipinski definition) is 4. The van der Waals surface area contributed by atoms with E-state index in [4.69, 9.17) is 0 Å². The largest absolute Gasteiger partial charge is 0.346 e. The van der Waals surface area contributed by atoms with Crippen molar-refractivity contribution in [2.45, 2.75) is 18.4 Å². The maximum absolute atomic E-state index is 11.9. The standard InChI is InChI=1S/C15H16N2O3S/c1-2-21(19,20)14-9-8-13(16-11-14)10-17-15(18)12-6-4-3-5-7-12/h3-9,11H,2,10H2,1H3,(H,17,18). The van der Waals surface area contributed by atoms with Gasteiger partial charge < -0.3 is 5.32 Å². The smallest absolute Gasteiger partial charge is 0.251 e. The number of sulfone groups is 1. The van der Waals surface area contributed by atoms with Crippen LogP contribution >= 0.6 is 0 Å². The number of rotatable bonds is 5. The Morgan fingerprint density at radius 2 is 1.86 bits per heavy atom. The van der Waals surface area contributed by atoms with Gasteiger partial charge in [-0.05, 0) is 24.3 Å². The van der Waals surface area contributed by atoms with Crippen LogP contribution in [0.15, 0.2) is 53.6 Å². The van der Waals surface area contributed by atoms with Gasteiger partial charge in [-0.2, -0.15) is 0 Å². The number of nitrogens with one attached hydrogen (secondary N) is 1. The lowest BCUT2D eigenvalue weighted by Gasteiger charge is -2.06. The van der Waals surface area contributed by atoms with Gasteiger partial charge in [-0.15, -0.1) is 0 Å². The average Bonchev–Trinajstić information content (AvgIpc) is 2.54. The molecule has 0 saturated carbocycles. The molecule has 1 aromatic heterocycles. The van der Waals surface area contributed by atoms with Crippen LogP contribution in [0.1, 0.15) is 23.0 Å². The fraction of sp³-hybridized carbons (Fsp3) is 0.200. The molecule has 1 N–H and O–H groups in total. The lowest BCUT2D eigenvalue weighted by Crippen LogP contribution is -2.23. The van der Waals surface area contributed by atoms with Gasteiger partial charge in [-0.1, -0.05) is 25.1 Å². The van der Waals surface area contributed by atoms with Crippen molar-refractivity contribution in [1.82, 2.24) is 10.3 Å². The highest BCUT2D eigenvalue weighted by molar-refractivity contribution is 7.91. The first-order valence-corrected chi connectivity index (χ1v) is 8.19. The Labute approximate surface area is 124 Å². The summed E-state index contributed by atoms with van der Waals surface area (Å²) in [6, 6.07) is 12.0. The van der Waals surface area contributed by atoms with Crippen LogP contribution < -0.4 is 5.32 Å². The molecule has 1 aromatic carbocycles. The summed E-state index contributed by atoms with van der Waals surface area (Å²) < 4.78 is 23.3. The predicted molar refractivity (Wildman–Crippen MR) is 79.6 cm³/mol. The summed E-state index contributed by atoms with van der Waals surface area (Å²) in [4.78, 5) is 16.1. The second-order valence-electron chi connectivity index (χ2n) is 4.44. The molecule has 2 rings (SSSR count). The van der Waals surface area contributed by atoms with Crippen molar-refractivity contribution < 1.29 is 13.2 Å². The van der Waals surface area contributed by atoms with Gasteiger partial charge in [-0.25, -0.2) is 8.42 Å². The summed E-state index contributed by atoms with van der Waals surface area (Å²) in [5.41, 5.74) is 1.18. The van der Waals surface area contributed by atoms with Crippen LogP contribution in [-0.4, -0.2) is 25.1 Å². The minimum absolute atomic E-state index is 0.0404. The van der Waals surface area contributed by atoms with E-state index in [1.165, 1.54) is 12.3 Å². The third-order valence-electron chi connectivity index (χ3n) is 3.00. The SMILES string of the molecule is CCS(=O)(=O)c1ccc(CNC(=O)c2ccccc2)nc1. The minimum atomic E-state index is -3.24. The van der Waals surface area contributed by atoms with E-state index in [9.17, 15) is 13.2 Å². The maximum Gasteiger partial charge on any atom is 0.251 e. The van der Waals surface area contributed by atoms with Crippen LogP contribution in [0, 0.1) is 0 Å². The molecule has 110 valence electrons. The van der Waals surface area contributed by atoms with Crippen LogP contribution in [0.2, 0.25) is 0 Å². The third kappa shape index (κ3) is 3.88. The zero-order valence-corrected chi connectivity index (χ0v) is 12.4. The Balaban J connectivity index is 2.00. The number of hydrogen-bond donors (Lipinski definition) is 1. The quantitative estimate of drug-likeness (QED) is 0.914. The summed E-state index contributed by atoms with van der Waals surface area (Å²) in [6.45, 7) is 1.84. The third-order valence-corrected chi connectivity index (χ3v) is 4.72. The predicted octanol–water partition coefficient (Wildman–Crippen LogP) is 1.81. The Morgan fingerprint density at radius 3 is 2.43 bits per heavy atom. The monoisotopic (exact) mass is 304 g/mol. The molecule has 0 radical (unpaired) electrons. The molecule has 0 saturated heterocycles. The zero-order chi connectivity index (χ0) is 15.3. The van der Waals surface area contributed by atoms with Gasteiger partial charge in [-0.3, -0.25) is 9.78 Å². The lowest BCUT2D eigenvalue weighted by atomic mass is 10.2. The van der Waals surface area contributed by atoms with Crippen molar-refractivity contribution in [3.8, 4) is 0 Å². The molecule has 0 fully saturated rings. The molecule has 1 heterocycles. The first kappa shape index (κ1) is 15.2. The Morgan fingerprint density at radius 1 is 1.14 bits per heavy atom. The molecule has 5 nitrogen and oxygen atoms in total. The fourth-order valence-corrected chi connectivity index (χ4v) is 2.55. The fourth-order valence-electron chi connectivity index (χ4n) is 1.73. The van der Waals surface area contributed by atoms with Gasteiger partial charge in [0.05, 0.1) is 22.9 Å². The number of benzene rings is 1. The molecule has 0 aliphatic rings. The van der Waals surface area contributed by atoms with Crippen molar-refractivity contribution in [2.24, 2.45) is 0 Å². The first-order valence-electron chi connectivity index (χ1n) is 6.54. The van der Waals surface area contributed by atoms with Crippen LogP contribution in [0.5, 0.6) is 0 Å². The molecule has 0 bridgehead atoms. The molecular weight excluding hydrogens is 288 g/mol. The van der Waals surface area contributed by atoms with E-state index in [1.54, 1.807) is 37.3 Å². The molecule has 0 atom stereocenters. The van der Waals surface area contributed by atoms with Gasteiger partial charge in [0.2, 0.25) is 0 Å². The average molecular weight is 304 g/mol. The highest BCUT2D eigenvalue weighted by Gasteiger charge is 2.12. The molecule has 6 heteroatoms. The van der Waals surface area contributed by atoms with Crippen molar-refractivity contribution >= 4 is 15.7 Å². The second kappa shape index (κ2) is 6.49. The summed E-state index contributed by atoms with van der Waals surface area (Å²) in [5, 5.41) is 2.74. The summed E-state index contributed by atoms with van der Waals surface area (Å²) in [5.74, 6) is -0.152. The van der Waals surface area contributed by atoms with Crippen molar-refractivity contribution in [1.29, 1.82) is 0 Å². The van der Waals surface area contributed by atoms with E-state index < -0.39 is 9.84 Å². The number of nitrogens with zero attached hydrogens (tertiary/aromatic N) is 1. The van der Waals surface area contributed by atoms with Crippen molar-refractivity contribution in [3.63, 3.8) is 0 Å². The normalized spacial score (nSPS) is 11.1. The highest BCUT2D eigenvalue weighted by atomic mass is 32.2. The number of aromatic nitrogens is 1. The van der Waals surface area contributed by atoms with Crippen LogP contribution in [0.3, 0.4) is 0 Å². The molecule has 0 unspecified atom stereocenters. The van der Waals surface area contributed by atoms with Gasteiger partial charge >= 0.3 is 0 Å². The molecular formula is C15H16N2O3S. The summed E-state index contributed by atoms with van der Waals surface area (Å²) in [6.07, 6.45) is 1.32. The van der Waals surface area contributed by atoms with Crippen LogP contribution in [-0.2, 0) is 16.4 Å². The molecule has 21 heavy (non-hydrogen) atoms. The van der Waals surface area contributed by atoms with E-state index in [0.717, 1.165) is 0 Å². The van der Waals surface area contributed by atoms with Gasteiger partial charge in [0, 0.05) is 11.8 Å². The highest BCUT2D eigenvalue weighted by Crippen LogP contribution is 2.10.